The summed E-state index contributed by atoms with van der Waals surface area (Å²) < 4.78 is 0. The van der Waals surface area contributed by atoms with E-state index in [0.29, 0.717) is 6.54 Å². The first-order valence-corrected chi connectivity index (χ1v) is 3.73. The minimum Gasteiger partial charge on any atom is -0.480 e. The van der Waals surface area contributed by atoms with E-state index in [4.69, 9.17) is 5.11 Å². The first-order chi connectivity index (χ1) is 5.55. The first-order valence-electron chi connectivity index (χ1n) is 3.73. The molecule has 12 heavy (non-hydrogen) atoms. The van der Waals surface area contributed by atoms with Gasteiger partial charge < -0.3 is 10.0 Å². The highest BCUT2D eigenvalue weighted by Gasteiger charge is 2.32. The Hall–Kier alpha value is -1.32. The smallest absolute Gasteiger partial charge is 0.328 e. The monoisotopic (exact) mass is 168 g/mol. The first kappa shape index (κ1) is 8.77. The van der Waals surface area contributed by atoms with Gasteiger partial charge in [-0.15, -0.1) is 0 Å². The van der Waals surface area contributed by atoms with E-state index >= 15 is 0 Å². The highest BCUT2D eigenvalue weighted by atomic mass is 16.4. The van der Waals surface area contributed by atoms with Crippen molar-refractivity contribution in [1.82, 2.24) is 4.90 Å². The molecule has 0 fully saturated rings. The quantitative estimate of drug-likeness (QED) is 0.660. The fraction of sp³-hybridized carbons (Fsp3) is 0.500. The lowest BCUT2D eigenvalue weighted by molar-refractivity contribution is -0.146. The summed E-state index contributed by atoms with van der Waals surface area (Å²) in [6.45, 7) is 3.91. The van der Waals surface area contributed by atoms with Crippen molar-refractivity contribution in [2.45, 2.75) is 19.4 Å². The van der Waals surface area contributed by atoms with E-state index in [1.807, 2.05) is 6.08 Å². The lowest BCUT2D eigenvalue weighted by Crippen LogP contribution is -2.49. The van der Waals surface area contributed by atoms with Crippen LogP contribution < -0.4 is 0 Å². The molecule has 0 atom stereocenters. The molecule has 1 heterocycles. The minimum atomic E-state index is -0.881. The maximum atomic E-state index is 10.8. The summed E-state index contributed by atoms with van der Waals surface area (Å²) in [5.74, 6) is -0.843. The van der Waals surface area contributed by atoms with E-state index < -0.39 is 11.5 Å². The molecule has 0 aromatic heterocycles. The third-order valence-corrected chi connectivity index (χ3v) is 1.94. The van der Waals surface area contributed by atoms with Gasteiger partial charge in [0.15, 0.2) is 0 Å². The van der Waals surface area contributed by atoms with Crippen molar-refractivity contribution >= 4 is 12.3 Å². The number of hydrogen-bond acceptors (Lipinski definition) is 3. The molecule has 0 unspecified atom stereocenters. The minimum absolute atomic E-state index is 0.600. The molecular weight excluding hydrogens is 156 g/mol. The predicted molar refractivity (Wildman–Crippen MR) is 46.1 cm³/mol. The van der Waals surface area contributed by atoms with Crippen LogP contribution in [0.15, 0.2) is 17.3 Å². The van der Waals surface area contributed by atoms with E-state index in [9.17, 15) is 4.79 Å². The van der Waals surface area contributed by atoms with E-state index in [-0.39, 0.29) is 0 Å². The van der Waals surface area contributed by atoms with Crippen LogP contribution >= 0.6 is 0 Å². The molecule has 0 bridgehead atoms. The van der Waals surface area contributed by atoms with Gasteiger partial charge in [-0.05, 0) is 19.9 Å². The van der Waals surface area contributed by atoms with E-state index in [1.165, 1.54) is 0 Å². The second kappa shape index (κ2) is 2.97. The molecule has 1 N–H and O–H groups in total. The average molecular weight is 168 g/mol. The Bertz CT molecular complexity index is 243. The SMILES string of the molecule is CC(C)(C(=O)O)N1C=NC=CC1. The van der Waals surface area contributed by atoms with Gasteiger partial charge >= 0.3 is 5.97 Å². The maximum Gasteiger partial charge on any atom is 0.328 e. The van der Waals surface area contributed by atoms with Crippen LogP contribution in [0.1, 0.15) is 13.8 Å². The van der Waals surface area contributed by atoms with Gasteiger partial charge in [-0.2, -0.15) is 0 Å². The van der Waals surface area contributed by atoms with Crippen molar-refractivity contribution in [3.63, 3.8) is 0 Å². The van der Waals surface area contributed by atoms with Gasteiger partial charge in [0.2, 0.25) is 0 Å². The maximum absolute atomic E-state index is 10.8. The largest absolute Gasteiger partial charge is 0.480 e. The van der Waals surface area contributed by atoms with Gasteiger partial charge in [-0.25, -0.2) is 9.79 Å². The number of carboxylic acids is 1. The predicted octanol–water partition coefficient (Wildman–Crippen LogP) is 0.707. The van der Waals surface area contributed by atoms with E-state index in [2.05, 4.69) is 4.99 Å². The molecule has 0 saturated carbocycles. The zero-order chi connectivity index (χ0) is 9.19. The van der Waals surface area contributed by atoms with E-state index in [1.54, 1.807) is 31.3 Å². The molecule has 4 nitrogen and oxygen atoms in total. The van der Waals surface area contributed by atoms with Gasteiger partial charge in [0.05, 0.1) is 6.34 Å². The molecule has 4 heteroatoms. The normalized spacial score (nSPS) is 16.7. The van der Waals surface area contributed by atoms with Crippen LogP contribution in [0.3, 0.4) is 0 Å². The highest BCUT2D eigenvalue weighted by molar-refractivity contribution is 5.81. The summed E-state index contributed by atoms with van der Waals surface area (Å²) in [6.07, 6.45) is 5.03. The molecule has 1 aliphatic rings. The Kier molecular flexibility index (Phi) is 2.17. The number of aliphatic imine (C=N–C) groups is 1. The molecular formula is C8H12N2O2. The second-order valence-corrected chi connectivity index (χ2v) is 3.17. The number of carbonyl (C=O) groups is 1. The average Bonchev–Trinajstić information content (AvgIpc) is 2.06. The van der Waals surface area contributed by atoms with Crippen molar-refractivity contribution in [3.8, 4) is 0 Å². The van der Waals surface area contributed by atoms with Crippen LogP contribution in [0.25, 0.3) is 0 Å². The Morgan fingerprint density at radius 1 is 1.67 bits per heavy atom. The molecule has 1 aliphatic heterocycles. The molecule has 0 saturated heterocycles. The molecule has 1 rings (SSSR count). The summed E-state index contributed by atoms with van der Waals surface area (Å²) in [5, 5.41) is 8.87. The zero-order valence-corrected chi connectivity index (χ0v) is 7.19. The summed E-state index contributed by atoms with van der Waals surface area (Å²) in [7, 11) is 0. The number of hydrogen-bond donors (Lipinski definition) is 1. The Balaban J connectivity index is 2.75. The van der Waals surface area contributed by atoms with Crippen molar-refractivity contribution in [1.29, 1.82) is 0 Å². The summed E-state index contributed by atoms with van der Waals surface area (Å²) in [4.78, 5) is 16.3. The Labute approximate surface area is 71.2 Å². The number of aliphatic carboxylic acids is 1. The molecule has 0 radical (unpaired) electrons. The fourth-order valence-electron chi connectivity index (χ4n) is 0.883. The molecule has 0 aromatic rings. The zero-order valence-electron chi connectivity index (χ0n) is 7.19. The molecule has 0 spiro atoms. The molecule has 66 valence electrons. The third kappa shape index (κ3) is 1.47. The van der Waals surface area contributed by atoms with Gasteiger partial charge in [0, 0.05) is 12.7 Å². The lowest BCUT2D eigenvalue weighted by atomic mass is 10.0. The topological polar surface area (TPSA) is 52.9 Å². The van der Waals surface area contributed by atoms with Crippen molar-refractivity contribution in [2.24, 2.45) is 4.99 Å². The van der Waals surface area contributed by atoms with Crippen LogP contribution in [0.2, 0.25) is 0 Å². The van der Waals surface area contributed by atoms with Crippen molar-refractivity contribution in [2.75, 3.05) is 6.54 Å². The van der Waals surface area contributed by atoms with Gasteiger partial charge in [-0.1, -0.05) is 0 Å². The van der Waals surface area contributed by atoms with Crippen LogP contribution in [-0.4, -0.2) is 34.4 Å². The molecule has 0 amide bonds. The van der Waals surface area contributed by atoms with Crippen LogP contribution in [0.5, 0.6) is 0 Å². The third-order valence-electron chi connectivity index (χ3n) is 1.94. The Morgan fingerprint density at radius 3 is 2.75 bits per heavy atom. The van der Waals surface area contributed by atoms with Gasteiger partial charge in [-0.3, -0.25) is 0 Å². The standard InChI is InChI=1S/C8H12N2O2/c1-8(2,7(11)12)10-5-3-4-9-6-10/h3-4,6H,5H2,1-2H3,(H,11,12). The molecule has 0 aliphatic carbocycles. The summed E-state index contributed by atoms with van der Waals surface area (Å²) in [6, 6.07) is 0. The van der Waals surface area contributed by atoms with Crippen molar-refractivity contribution < 1.29 is 9.90 Å². The van der Waals surface area contributed by atoms with Crippen LogP contribution in [0, 0.1) is 0 Å². The highest BCUT2D eigenvalue weighted by Crippen LogP contribution is 2.14. The van der Waals surface area contributed by atoms with Gasteiger partial charge in [0.1, 0.15) is 5.54 Å². The van der Waals surface area contributed by atoms with Crippen molar-refractivity contribution in [3.05, 3.63) is 12.3 Å². The molecule has 0 aromatic carbocycles. The fourth-order valence-corrected chi connectivity index (χ4v) is 0.883. The van der Waals surface area contributed by atoms with Crippen LogP contribution in [-0.2, 0) is 4.79 Å². The summed E-state index contributed by atoms with van der Waals surface area (Å²) >= 11 is 0. The Morgan fingerprint density at radius 2 is 2.33 bits per heavy atom. The number of carboxylic acid groups (broad SMARTS) is 1. The lowest BCUT2D eigenvalue weighted by Gasteiger charge is -2.33. The van der Waals surface area contributed by atoms with E-state index in [0.717, 1.165) is 0 Å². The second-order valence-electron chi connectivity index (χ2n) is 3.17. The summed E-state index contributed by atoms with van der Waals surface area (Å²) in [5.41, 5.74) is -0.881. The van der Waals surface area contributed by atoms with Gasteiger partial charge in [0.25, 0.3) is 0 Å². The van der Waals surface area contributed by atoms with Crippen LogP contribution in [0.4, 0.5) is 0 Å². The number of rotatable bonds is 2. The number of nitrogens with zero attached hydrogens (tertiary/aromatic N) is 2.